The summed E-state index contributed by atoms with van der Waals surface area (Å²) < 4.78 is 1.54. The standard InChI is InChI=1S/C10H6BrN3O4/c11-7-2-1-3-8(9(7)10(15)16)13-5-6(4-12-13)14(17)18/h1-5H,(H,15,16). The Balaban J connectivity index is 2.59. The van der Waals surface area contributed by atoms with Gasteiger partial charge in [0.05, 0.1) is 16.2 Å². The molecule has 1 N–H and O–H groups in total. The zero-order valence-corrected chi connectivity index (χ0v) is 10.4. The lowest BCUT2D eigenvalue weighted by Crippen LogP contribution is -2.06. The van der Waals surface area contributed by atoms with Gasteiger partial charge in [0.15, 0.2) is 0 Å². The van der Waals surface area contributed by atoms with Crippen LogP contribution in [-0.4, -0.2) is 25.8 Å². The summed E-state index contributed by atoms with van der Waals surface area (Å²) in [6, 6.07) is 4.72. The third kappa shape index (κ3) is 2.09. The van der Waals surface area contributed by atoms with Gasteiger partial charge in [-0.3, -0.25) is 10.1 Å². The zero-order valence-electron chi connectivity index (χ0n) is 8.78. The van der Waals surface area contributed by atoms with E-state index in [2.05, 4.69) is 21.0 Å². The molecule has 18 heavy (non-hydrogen) atoms. The van der Waals surface area contributed by atoms with Gasteiger partial charge in [0.2, 0.25) is 0 Å². The number of hydrogen-bond donors (Lipinski definition) is 1. The molecule has 0 spiro atoms. The van der Waals surface area contributed by atoms with E-state index in [1.165, 1.54) is 6.07 Å². The topological polar surface area (TPSA) is 98.3 Å². The maximum Gasteiger partial charge on any atom is 0.339 e. The average molecular weight is 312 g/mol. The van der Waals surface area contributed by atoms with E-state index in [1.54, 1.807) is 12.1 Å². The predicted octanol–water partition coefficient (Wildman–Crippen LogP) is 2.24. The van der Waals surface area contributed by atoms with Crippen LogP contribution in [0.15, 0.2) is 35.1 Å². The second-order valence-electron chi connectivity index (χ2n) is 3.34. The van der Waals surface area contributed by atoms with E-state index in [0.29, 0.717) is 4.47 Å². The van der Waals surface area contributed by atoms with Crippen molar-refractivity contribution in [1.29, 1.82) is 0 Å². The highest BCUT2D eigenvalue weighted by Crippen LogP contribution is 2.24. The van der Waals surface area contributed by atoms with Gasteiger partial charge in [0.25, 0.3) is 0 Å². The highest BCUT2D eigenvalue weighted by Gasteiger charge is 2.18. The van der Waals surface area contributed by atoms with Crippen LogP contribution in [0.5, 0.6) is 0 Å². The normalized spacial score (nSPS) is 10.3. The summed E-state index contributed by atoms with van der Waals surface area (Å²) in [6.45, 7) is 0. The molecule has 1 heterocycles. The van der Waals surface area contributed by atoms with E-state index in [9.17, 15) is 14.9 Å². The molecule has 7 nitrogen and oxygen atoms in total. The largest absolute Gasteiger partial charge is 0.478 e. The Bertz CT molecular complexity index is 638. The van der Waals surface area contributed by atoms with Crippen molar-refractivity contribution < 1.29 is 14.8 Å². The SMILES string of the molecule is O=C(O)c1c(Br)cccc1-n1cc([N+](=O)[O-])cn1. The average Bonchev–Trinajstić information content (AvgIpc) is 2.77. The van der Waals surface area contributed by atoms with Crippen molar-refractivity contribution in [3.8, 4) is 5.69 Å². The summed E-state index contributed by atoms with van der Waals surface area (Å²) in [4.78, 5) is 21.1. The van der Waals surface area contributed by atoms with E-state index in [-0.39, 0.29) is 16.9 Å². The number of aromatic carboxylic acids is 1. The Morgan fingerprint density at radius 2 is 2.22 bits per heavy atom. The van der Waals surface area contributed by atoms with Crippen LogP contribution in [0.2, 0.25) is 0 Å². The predicted molar refractivity (Wildman–Crippen MR) is 64.9 cm³/mol. The maximum absolute atomic E-state index is 11.2. The Morgan fingerprint density at radius 1 is 1.50 bits per heavy atom. The summed E-state index contributed by atoms with van der Waals surface area (Å²) in [5, 5.41) is 23.5. The van der Waals surface area contributed by atoms with E-state index in [4.69, 9.17) is 5.11 Å². The number of rotatable bonds is 3. The molecule has 0 fully saturated rings. The lowest BCUT2D eigenvalue weighted by Gasteiger charge is -2.06. The number of nitro groups is 1. The number of nitrogens with zero attached hydrogens (tertiary/aromatic N) is 3. The summed E-state index contributed by atoms with van der Waals surface area (Å²) in [6.07, 6.45) is 2.22. The number of benzene rings is 1. The molecule has 0 radical (unpaired) electrons. The van der Waals surface area contributed by atoms with Gasteiger partial charge in [0, 0.05) is 4.47 Å². The van der Waals surface area contributed by atoms with Crippen LogP contribution in [0, 0.1) is 10.1 Å². The molecule has 0 saturated heterocycles. The lowest BCUT2D eigenvalue weighted by molar-refractivity contribution is -0.384. The molecule has 0 aliphatic heterocycles. The van der Waals surface area contributed by atoms with E-state index < -0.39 is 10.9 Å². The molecule has 0 aliphatic rings. The number of halogens is 1. The van der Waals surface area contributed by atoms with Gasteiger partial charge in [-0.2, -0.15) is 5.10 Å². The van der Waals surface area contributed by atoms with Crippen LogP contribution in [-0.2, 0) is 0 Å². The van der Waals surface area contributed by atoms with Crippen molar-refractivity contribution in [2.24, 2.45) is 0 Å². The quantitative estimate of drug-likeness (QED) is 0.692. The fraction of sp³-hybridized carbons (Fsp3) is 0. The first-order valence-electron chi connectivity index (χ1n) is 4.72. The fourth-order valence-corrected chi connectivity index (χ4v) is 1.98. The molecule has 0 amide bonds. The number of carbonyl (C=O) groups is 1. The molecule has 1 aromatic carbocycles. The van der Waals surface area contributed by atoms with Gasteiger partial charge < -0.3 is 5.11 Å². The molecule has 1 aromatic heterocycles. The first kappa shape index (κ1) is 12.2. The molecular weight excluding hydrogens is 306 g/mol. The van der Waals surface area contributed by atoms with Gasteiger partial charge in [0.1, 0.15) is 12.4 Å². The molecular formula is C10H6BrN3O4. The molecule has 0 saturated carbocycles. The van der Waals surface area contributed by atoms with Crippen LogP contribution in [0.25, 0.3) is 5.69 Å². The highest BCUT2D eigenvalue weighted by molar-refractivity contribution is 9.10. The molecule has 0 unspecified atom stereocenters. The summed E-state index contributed by atoms with van der Waals surface area (Å²) >= 11 is 3.12. The number of carboxylic acids is 1. The van der Waals surface area contributed by atoms with E-state index in [0.717, 1.165) is 17.1 Å². The van der Waals surface area contributed by atoms with Crippen LogP contribution < -0.4 is 0 Å². The summed E-state index contributed by atoms with van der Waals surface area (Å²) in [7, 11) is 0. The number of hydrogen-bond acceptors (Lipinski definition) is 4. The fourth-order valence-electron chi connectivity index (χ4n) is 1.45. The zero-order chi connectivity index (χ0) is 13.3. The highest BCUT2D eigenvalue weighted by atomic mass is 79.9. The lowest BCUT2D eigenvalue weighted by atomic mass is 10.2. The third-order valence-corrected chi connectivity index (χ3v) is 2.89. The Labute approximate surface area is 109 Å². The van der Waals surface area contributed by atoms with Crippen molar-refractivity contribution in [1.82, 2.24) is 9.78 Å². The van der Waals surface area contributed by atoms with Crippen LogP contribution in [0.4, 0.5) is 5.69 Å². The first-order valence-corrected chi connectivity index (χ1v) is 5.51. The number of carboxylic acid groups (broad SMARTS) is 1. The van der Waals surface area contributed by atoms with Gasteiger partial charge >= 0.3 is 11.7 Å². The van der Waals surface area contributed by atoms with Crippen molar-refractivity contribution >= 4 is 27.6 Å². The van der Waals surface area contributed by atoms with Gasteiger partial charge in [-0.1, -0.05) is 6.07 Å². The summed E-state index contributed by atoms with van der Waals surface area (Å²) in [5.41, 5.74) is 0.0480. The van der Waals surface area contributed by atoms with Crippen LogP contribution >= 0.6 is 15.9 Å². The minimum Gasteiger partial charge on any atom is -0.478 e. The van der Waals surface area contributed by atoms with Crippen LogP contribution in [0.3, 0.4) is 0 Å². The third-order valence-electron chi connectivity index (χ3n) is 2.23. The van der Waals surface area contributed by atoms with Crippen molar-refractivity contribution in [3.05, 3.63) is 50.7 Å². The molecule has 2 rings (SSSR count). The van der Waals surface area contributed by atoms with Gasteiger partial charge in [-0.05, 0) is 28.1 Å². The minimum absolute atomic E-state index is 0.00417. The molecule has 92 valence electrons. The molecule has 0 bridgehead atoms. The molecule has 2 aromatic rings. The molecule has 0 aliphatic carbocycles. The van der Waals surface area contributed by atoms with E-state index in [1.807, 2.05) is 0 Å². The Hall–Kier alpha value is -2.22. The van der Waals surface area contributed by atoms with Crippen molar-refractivity contribution in [2.45, 2.75) is 0 Å². The first-order chi connectivity index (χ1) is 8.50. The minimum atomic E-state index is -1.14. The number of aromatic nitrogens is 2. The second kappa shape index (κ2) is 4.57. The van der Waals surface area contributed by atoms with Gasteiger partial charge in [-0.25, -0.2) is 9.48 Å². The second-order valence-corrected chi connectivity index (χ2v) is 4.19. The smallest absolute Gasteiger partial charge is 0.339 e. The van der Waals surface area contributed by atoms with Crippen LogP contribution in [0.1, 0.15) is 10.4 Å². The summed E-state index contributed by atoms with van der Waals surface area (Å²) in [5.74, 6) is -1.14. The van der Waals surface area contributed by atoms with Gasteiger partial charge in [-0.15, -0.1) is 0 Å². The Kier molecular flexibility index (Phi) is 3.11. The molecule has 0 atom stereocenters. The maximum atomic E-state index is 11.2. The van der Waals surface area contributed by atoms with Crippen molar-refractivity contribution in [3.63, 3.8) is 0 Å². The molecule has 8 heteroatoms. The van der Waals surface area contributed by atoms with Crippen molar-refractivity contribution in [2.75, 3.05) is 0 Å². The monoisotopic (exact) mass is 311 g/mol. The van der Waals surface area contributed by atoms with E-state index >= 15 is 0 Å². The Morgan fingerprint density at radius 3 is 2.78 bits per heavy atom.